The second kappa shape index (κ2) is 8.61. The van der Waals surface area contributed by atoms with Gasteiger partial charge in [0.25, 0.3) is 5.91 Å². The number of carbonyl (C=O) groups is 1. The summed E-state index contributed by atoms with van der Waals surface area (Å²) in [5.41, 5.74) is 3.07. The topological polar surface area (TPSA) is 20.3 Å². The van der Waals surface area contributed by atoms with Gasteiger partial charge in [-0.1, -0.05) is 77.8 Å². The Bertz CT molecular complexity index is 990. The smallest absolute Gasteiger partial charge is 0.253 e. The van der Waals surface area contributed by atoms with Crippen LogP contribution in [-0.4, -0.2) is 23.9 Å². The second-order valence-corrected chi connectivity index (χ2v) is 8.55. The van der Waals surface area contributed by atoms with Crippen molar-refractivity contribution < 1.29 is 4.79 Å². The van der Waals surface area contributed by atoms with Gasteiger partial charge >= 0.3 is 0 Å². The van der Waals surface area contributed by atoms with Crippen molar-refractivity contribution in [3.8, 4) is 0 Å². The quantitative estimate of drug-likeness (QED) is 0.464. The molecule has 3 aromatic rings. The Morgan fingerprint density at radius 3 is 2.28 bits per heavy atom. The molecule has 0 saturated carbocycles. The monoisotopic (exact) mass is 423 g/mol. The van der Waals surface area contributed by atoms with Crippen LogP contribution in [0.25, 0.3) is 0 Å². The first-order chi connectivity index (χ1) is 14.1. The van der Waals surface area contributed by atoms with E-state index >= 15 is 0 Å². The minimum atomic E-state index is -0.130. The van der Waals surface area contributed by atoms with E-state index in [1.807, 2.05) is 53.4 Å². The molecule has 0 N–H and O–H groups in total. The minimum absolute atomic E-state index is 0.0900. The van der Waals surface area contributed by atoms with Gasteiger partial charge in [0.05, 0.1) is 10.0 Å². The van der Waals surface area contributed by atoms with Crippen molar-refractivity contribution in [2.45, 2.75) is 24.7 Å². The summed E-state index contributed by atoms with van der Waals surface area (Å²) in [6.07, 6.45) is 2.82. The van der Waals surface area contributed by atoms with Crippen LogP contribution in [0, 0.1) is 0 Å². The van der Waals surface area contributed by atoms with E-state index in [1.165, 1.54) is 5.56 Å². The fourth-order valence-electron chi connectivity index (χ4n) is 4.25. The molecule has 29 heavy (non-hydrogen) atoms. The Kier molecular flexibility index (Phi) is 5.94. The molecule has 1 unspecified atom stereocenters. The van der Waals surface area contributed by atoms with Crippen LogP contribution < -0.4 is 0 Å². The fraction of sp³-hybridized carbons (Fsp3) is 0.240. The highest BCUT2D eigenvalue weighted by Gasteiger charge is 2.41. The van der Waals surface area contributed by atoms with Crippen molar-refractivity contribution in [3.63, 3.8) is 0 Å². The molecule has 1 heterocycles. The molecule has 3 aromatic carbocycles. The molecule has 4 rings (SSSR count). The zero-order valence-electron chi connectivity index (χ0n) is 16.2. The van der Waals surface area contributed by atoms with Crippen LogP contribution in [0.2, 0.25) is 10.0 Å². The van der Waals surface area contributed by atoms with E-state index < -0.39 is 0 Å². The van der Waals surface area contributed by atoms with Crippen molar-refractivity contribution in [3.05, 3.63) is 106 Å². The molecular formula is C25H23Cl2NO. The Labute approximate surface area is 182 Å². The second-order valence-electron chi connectivity index (χ2n) is 7.74. The summed E-state index contributed by atoms with van der Waals surface area (Å²) in [7, 11) is 0. The molecule has 0 aliphatic carbocycles. The van der Waals surface area contributed by atoms with Gasteiger partial charge in [0, 0.05) is 24.1 Å². The molecule has 0 radical (unpaired) electrons. The predicted molar refractivity (Wildman–Crippen MR) is 120 cm³/mol. The van der Waals surface area contributed by atoms with Crippen LogP contribution >= 0.6 is 23.2 Å². The first-order valence-electron chi connectivity index (χ1n) is 9.91. The SMILES string of the molecule is O=C(c1ccccc1)N1CCC(CCc2ccccc2)(c2ccc(Cl)c(Cl)c2)C1. The summed E-state index contributed by atoms with van der Waals surface area (Å²) < 4.78 is 0. The molecule has 0 aromatic heterocycles. The highest BCUT2D eigenvalue weighted by molar-refractivity contribution is 6.42. The molecule has 1 aliphatic rings. The number of carbonyl (C=O) groups excluding carboxylic acids is 1. The van der Waals surface area contributed by atoms with Crippen molar-refractivity contribution in [2.75, 3.05) is 13.1 Å². The molecule has 0 bridgehead atoms. The number of hydrogen-bond acceptors (Lipinski definition) is 1. The normalized spacial score (nSPS) is 18.8. The maximum absolute atomic E-state index is 13.0. The maximum atomic E-state index is 13.0. The largest absolute Gasteiger partial charge is 0.338 e. The standard InChI is InChI=1S/C25H23Cl2NO/c26-22-12-11-21(17-23(22)27)25(14-13-19-7-3-1-4-8-19)15-16-28(18-25)24(29)20-9-5-2-6-10-20/h1-12,17H,13-16,18H2. The number of rotatable bonds is 5. The Morgan fingerprint density at radius 1 is 0.897 bits per heavy atom. The third-order valence-corrected chi connectivity index (χ3v) is 6.67. The van der Waals surface area contributed by atoms with Crippen LogP contribution in [0.15, 0.2) is 78.9 Å². The number of halogens is 2. The van der Waals surface area contributed by atoms with Crippen molar-refractivity contribution in [2.24, 2.45) is 0 Å². The van der Waals surface area contributed by atoms with Gasteiger partial charge in [-0.25, -0.2) is 0 Å². The van der Waals surface area contributed by atoms with Gasteiger partial charge in [-0.3, -0.25) is 4.79 Å². The number of amides is 1. The van der Waals surface area contributed by atoms with E-state index in [4.69, 9.17) is 23.2 Å². The number of hydrogen-bond donors (Lipinski definition) is 0. The highest BCUT2D eigenvalue weighted by Crippen LogP contribution is 2.41. The van der Waals surface area contributed by atoms with Crippen molar-refractivity contribution in [1.82, 2.24) is 4.90 Å². The lowest BCUT2D eigenvalue weighted by Gasteiger charge is -2.31. The van der Waals surface area contributed by atoms with Crippen molar-refractivity contribution >= 4 is 29.1 Å². The first-order valence-corrected chi connectivity index (χ1v) is 10.7. The summed E-state index contributed by atoms with van der Waals surface area (Å²) in [6, 6.07) is 25.9. The third-order valence-electron chi connectivity index (χ3n) is 5.93. The number of benzene rings is 3. The lowest BCUT2D eigenvalue weighted by atomic mass is 9.75. The van der Waals surface area contributed by atoms with Gasteiger partial charge in [0.2, 0.25) is 0 Å². The molecule has 148 valence electrons. The summed E-state index contributed by atoms with van der Waals surface area (Å²) in [6.45, 7) is 1.42. The lowest BCUT2D eigenvalue weighted by molar-refractivity contribution is 0.0782. The number of nitrogens with zero attached hydrogens (tertiary/aromatic N) is 1. The maximum Gasteiger partial charge on any atom is 0.253 e. The molecule has 1 atom stereocenters. The molecule has 1 amide bonds. The summed E-state index contributed by atoms with van der Waals surface area (Å²) >= 11 is 12.5. The van der Waals surface area contributed by atoms with Crippen LogP contribution in [-0.2, 0) is 11.8 Å². The van der Waals surface area contributed by atoms with Gasteiger partial charge < -0.3 is 4.90 Å². The summed E-state index contributed by atoms with van der Waals surface area (Å²) in [5, 5.41) is 1.12. The fourth-order valence-corrected chi connectivity index (χ4v) is 4.55. The Morgan fingerprint density at radius 2 is 1.59 bits per heavy atom. The number of aryl methyl sites for hydroxylation is 1. The number of likely N-dealkylation sites (tertiary alicyclic amines) is 1. The van der Waals surface area contributed by atoms with E-state index in [-0.39, 0.29) is 11.3 Å². The zero-order valence-corrected chi connectivity index (χ0v) is 17.7. The molecule has 1 saturated heterocycles. The van der Waals surface area contributed by atoms with Gasteiger partial charge in [0.1, 0.15) is 0 Å². The molecule has 0 spiro atoms. The van der Waals surface area contributed by atoms with Crippen LogP contribution in [0.3, 0.4) is 0 Å². The summed E-state index contributed by atoms with van der Waals surface area (Å²) in [5.74, 6) is 0.0900. The van der Waals surface area contributed by atoms with Gasteiger partial charge in [-0.05, 0) is 54.7 Å². The molecule has 1 aliphatic heterocycles. The van der Waals surface area contributed by atoms with E-state index in [1.54, 1.807) is 0 Å². The summed E-state index contributed by atoms with van der Waals surface area (Å²) in [4.78, 5) is 15.0. The van der Waals surface area contributed by atoms with Gasteiger partial charge in [-0.15, -0.1) is 0 Å². The van der Waals surface area contributed by atoms with Crippen LogP contribution in [0.4, 0.5) is 0 Å². The average Bonchev–Trinajstić information content (AvgIpc) is 3.21. The molecule has 4 heteroatoms. The molecule has 1 fully saturated rings. The molecule has 2 nitrogen and oxygen atoms in total. The van der Waals surface area contributed by atoms with Crippen LogP contribution in [0.1, 0.15) is 34.3 Å². The average molecular weight is 424 g/mol. The zero-order chi connectivity index (χ0) is 20.3. The highest BCUT2D eigenvalue weighted by atomic mass is 35.5. The van der Waals surface area contributed by atoms with Gasteiger partial charge in [0.15, 0.2) is 0 Å². The minimum Gasteiger partial charge on any atom is -0.338 e. The Hall–Kier alpha value is -2.29. The van der Waals surface area contributed by atoms with Crippen LogP contribution in [0.5, 0.6) is 0 Å². The Balaban J connectivity index is 1.62. The van der Waals surface area contributed by atoms with Gasteiger partial charge in [-0.2, -0.15) is 0 Å². The van der Waals surface area contributed by atoms with E-state index in [9.17, 15) is 4.79 Å². The van der Waals surface area contributed by atoms with E-state index in [0.717, 1.165) is 36.9 Å². The van der Waals surface area contributed by atoms with Crippen molar-refractivity contribution in [1.29, 1.82) is 0 Å². The van der Waals surface area contributed by atoms with E-state index in [2.05, 4.69) is 30.3 Å². The van der Waals surface area contributed by atoms with E-state index in [0.29, 0.717) is 16.6 Å². The first kappa shape index (κ1) is 20.0. The lowest BCUT2D eigenvalue weighted by Crippen LogP contribution is -2.35. The predicted octanol–water partition coefficient (Wildman–Crippen LogP) is 6.41. The molecular weight excluding hydrogens is 401 g/mol. The third kappa shape index (κ3) is 4.34.